The Labute approximate surface area is 107 Å². The van der Waals surface area contributed by atoms with Gasteiger partial charge < -0.3 is 5.32 Å². The van der Waals surface area contributed by atoms with Crippen molar-refractivity contribution in [3.05, 3.63) is 46.5 Å². The highest BCUT2D eigenvalue weighted by Crippen LogP contribution is 2.28. The molecule has 1 nitrogen and oxygen atoms in total. The van der Waals surface area contributed by atoms with Gasteiger partial charge in [0, 0.05) is 16.1 Å². The summed E-state index contributed by atoms with van der Waals surface area (Å²) < 4.78 is 0. The highest BCUT2D eigenvalue weighted by atomic mass is 35.5. The smallest absolute Gasteiger partial charge is 0.0468 e. The molecule has 0 heterocycles. The van der Waals surface area contributed by atoms with Gasteiger partial charge >= 0.3 is 0 Å². The predicted molar refractivity (Wildman–Crippen MR) is 72.3 cm³/mol. The van der Waals surface area contributed by atoms with Crippen molar-refractivity contribution in [1.82, 2.24) is 5.32 Å². The molecule has 1 aromatic rings. The molecule has 1 N–H and O–H groups in total. The molecule has 0 aliphatic carbocycles. The number of rotatable bonds is 6. The fourth-order valence-electron chi connectivity index (χ4n) is 1.59. The van der Waals surface area contributed by atoms with Gasteiger partial charge in [-0.05, 0) is 37.1 Å². The van der Waals surface area contributed by atoms with Crippen molar-refractivity contribution in [2.75, 3.05) is 6.54 Å². The lowest BCUT2D eigenvalue weighted by Crippen LogP contribution is -2.21. The van der Waals surface area contributed by atoms with Crippen LogP contribution in [0.1, 0.15) is 31.4 Å². The molecule has 0 amide bonds. The summed E-state index contributed by atoms with van der Waals surface area (Å²) in [6.07, 6.45) is 3.86. The minimum absolute atomic E-state index is 0.224. The van der Waals surface area contributed by atoms with Gasteiger partial charge in [-0.2, -0.15) is 0 Å². The highest BCUT2D eigenvalue weighted by molar-refractivity contribution is 6.35. The highest BCUT2D eigenvalue weighted by Gasteiger charge is 2.12. The maximum Gasteiger partial charge on any atom is 0.0468 e. The van der Waals surface area contributed by atoms with Crippen molar-refractivity contribution in [3.63, 3.8) is 0 Å². The number of hydrogen-bond donors (Lipinski definition) is 1. The van der Waals surface area contributed by atoms with Gasteiger partial charge in [0.25, 0.3) is 0 Å². The standard InChI is InChI=1S/C13H17Cl2N/c1-3-5-13(16-8-4-2)11-7-6-10(14)9-12(11)15/h3,6-7,9,13,16H,1,4-5,8H2,2H3. The summed E-state index contributed by atoms with van der Waals surface area (Å²) in [5.74, 6) is 0. The van der Waals surface area contributed by atoms with Crippen LogP contribution in [0.25, 0.3) is 0 Å². The van der Waals surface area contributed by atoms with Crippen molar-refractivity contribution in [2.24, 2.45) is 0 Å². The van der Waals surface area contributed by atoms with E-state index in [1.54, 1.807) is 6.07 Å². The lowest BCUT2D eigenvalue weighted by molar-refractivity contribution is 0.537. The summed E-state index contributed by atoms with van der Waals surface area (Å²) in [5.41, 5.74) is 1.08. The second-order valence-corrected chi connectivity index (χ2v) is 4.54. The molecule has 1 aromatic carbocycles. The van der Waals surface area contributed by atoms with Crippen molar-refractivity contribution in [3.8, 4) is 0 Å². The molecule has 0 radical (unpaired) electrons. The molecular weight excluding hydrogens is 241 g/mol. The van der Waals surface area contributed by atoms with E-state index in [2.05, 4.69) is 18.8 Å². The van der Waals surface area contributed by atoms with E-state index >= 15 is 0 Å². The van der Waals surface area contributed by atoms with E-state index in [4.69, 9.17) is 23.2 Å². The van der Waals surface area contributed by atoms with Crippen LogP contribution in [0.3, 0.4) is 0 Å². The Hall–Kier alpha value is -0.500. The average molecular weight is 258 g/mol. The zero-order chi connectivity index (χ0) is 12.0. The monoisotopic (exact) mass is 257 g/mol. The first-order valence-corrected chi connectivity index (χ1v) is 6.23. The topological polar surface area (TPSA) is 12.0 Å². The van der Waals surface area contributed by atoms with E-state index < -0.39 is 0 Å². The van der Waals surface area contributed by atoms with E-state index in [0.29, 0.717) is 10.0 Å². The van der Waals surface area contributed by atoms with Crippen LogP contribution in [0.2, 0.25) is 10.0 Å². The number of nitrogens with one attached hydrogen (secondary N) is 1. The molecule has 0 saturated heterocycles. The van der Waals surface area contributed by atoms with Gasteiger partial charge in [-0.25, -0.2) is 0 Å². The van der Waals surface area contributed by atoms with Crippen molar-refractivity contribution >= 4 is 23.2 Å². The number of hydrogen-bond acceptors (Lipinski definition) is 1. The second kappa shape index (κ2) is 6.95. The van der Waals surface area contributed by atoms with Gasteiger partial charge in [0.2, 0.25) is 0 Å². The Bertz CT molecular complexity index is 350. The molecule has 0 bridgehead atoms. The zero-order valence-electron chi connectivity index (χ0n) is 9.47. The fraction of sp³-hybridized carbons (Fsp3) is 0.385. The number of benzene rings is 1. The van der Waals surface area contributed by atoms with Gasteiger partial charge in [-0.3, -0.25) is 0 Å². The first-order chi connectivity index (χ1) is 7.69. The first-order valence-electron chi connectivity index (χ1n) is 5.48. The molecule has 0 spiro atoms. The Morgan fingerprint density at radius 1 is 1.44 bits per heavy atom. The van der Waals surface area contributed by atoms with Crippen LogP contribution in [0.5, 0.6) is 0 Å². The molecule has 0 saturated carbocycles. The second-order valence-electron chi connectivity index (χ2n) is 3.70. The quantitative estimate of drug-likeness (QED) is 0.734. The van der Waals surface area contributed by atoms with Crippen LogP contribution in [0.4, 0.5) is 0 Å². The van der Waals surface area contributed by atoms with Gasteiger partial charge in [0.1, 0.15) is 0 Å². The molecule has 0 aliphatic heterocycles. The van der Waals surface area contributed by atoms with Gasteiger partial charge in [0.05, 0.1) is 0 Å². The normalized spacial score (nSPS) is 12.4. The molecular formula is C13H17Cl2N. The Balaban J connectivity index is 2.86. The third-order valence-corrected chi connectivity index (χ3v) is 2.94. The third-order valence-electron chi connectivity index (χ3n) is 2.38. The summed E-state index contributed by atoms with van der Waals surface area (Å²) in [6.45, 7) is 6.88. The minimum Gasteiger partial charge on any atom is -0.310 e. The molecule has 88 valence electrons. The fourth-order valence-corrected chi connectivity index (χ4v) is 2.13. The Morgan fingerprint density at radius 2 is 2.19 bits per heavy atom. The first kappa shape index (κ1) is 13.6. The van der Waals surface area contributed by atoms with Crippen molar-refractivity contribution < 1.29 is 0 Å². The van der Waals surface area contributed by atoms with Crippen LogP contribution in [-0.4, -0.2) is 6.54 Å². The van der Waals surface area contributed by atoms with Crippen molar-refractivity contribution in [2.45, 2.75) is 25.8 Å². The Kier molecular flexibility index (Phi) is 5.89. The van der Waals surface area contributed by atoms with Crippen LogP contribution in [-0.2, 0) is 0 Å². The maximum atomic E-state index is 6.18. The molecule has 0 fully saturated rings. The van der Waals surface area contributed by atoms with Gasteiger partial charge in [-0.1, -0.05) is 42.3 Å². The van der Waals surface area contributed by atoms with Crippen LogP contribution >= 0.6 is 23.2 Å². The minimum atomic E-state index is 0.224. The molecule has 1 rings (SSSR count). The van der Waals surface area contributed by atoms with E-state index in [1.165, 1.54) is 0 Å². The zero-order valence-corrected chi connectivity index (χ0v) is 11.0. The predicted octanol–water partition coefficient (Wildman–Crippen LogP) is 4.61. The lowest BCUT2D eigenvalue weighted by atomic mass is 10.0. The summed E-state index contributed by atoms with van der Waals surface area (Å²) >= 11 is 12.1. The lowest BCUT2D eigenvalue weighted by Gasteiger charge is -2.18. The Morgan fingerprint density at radius 3 is 2.75 bits per heavy atom. The largest absolute Gasteiger partial charge is 0.310 e. The third kappa shape index (κ3) is 3.82. The van der Waals surface area contributed by atoms with Crippen LogP contribution in [0.15, 0.2) is 30.9 Å². The van der Waals surface area contributed by atoms with Crippen LogP contribution in [0, 0.1) is 0 Å². The molecule has 1 atom stereocenters. The van der Waals surface area contributed by atoms with E-state index in [0.717, 1.165) is 24.9 Å². The SMILES string of the molecule is C=CCC(NCCC)c1ccc(Cl)cc1Cl. The molecule has 0 aliphatic rings. The summed E-state index contributed by atoms with van der Waals surface area (Å²) in [7, 11) is 0. The molecule has 3 heteroatoms. The number of halogens is 2. The average Bonchev–Trinajstić information content (AvgIpc) is 2.25. The van der Waals surface area contributed by atoms with Crippen LogP contribution < -0.4 is 5.32 Å². The molecule has 0 aromatic heterocycles. The van der Waals surface area contributed by atoms with Gasteiger partial charge in [-0.15, -0.1) is 6.58 Å². The van der Waals surface area contributed by atoms with E-state index in [-0.39, 0.29) is 6.04 Å². The molecule has 16 heavy (non-hydrogen) atoms. The van der Waals surface area contributed by atoms with Crippen molar-refractivity contribution in [1.29, 1.82) is 0 Å². The van der Waals surface area contributed by atoms with E-state index in [9.17, 15) is 0 Å². The summed E-state index contributed by atoms with van der Waals surface area (Å²) in [5, 5.41) is 4.83. The molecule has 1 unspecified atom stereocenters. The maximum absolute atomic E-state index is 6.18. The van der Waals surface area contributed by atoms with E-state index in [1.807, 2.05) is 18.2 Å². The van der Waals surface area contributed by atoms with Gasteiger partial charge in [0.15, 0.2) is 0 Å². The summed E-state index contributed by atoms with van der Waals surface area (Å²) in [4.78, 5) is 0. The summed E-state index contributed by atoms with van der Waals surface area (Å²) in [6, 6.07) is 5.85.